The molecule has 5 nitrogen and oxygen atoms in total. The second kappa shape index (κ2) is 6.04. The summed E-state index contributed by atoms with van der Waals surface area (Å²) >= 11 is 0. The largest absolute Gasteiger partial charge is 0.463 e. The first-order valence-electron chi connectivity index (χ1n) is 4.53. The Kier molecular flexibility index (Phi) is 5.42. The van der Waals surface area contributed by atoms with E-state index < -0.39 is 24.0 Å². The fraction of sp³-hybridized carbons (Fsp3) is 0.600. The topological polar surface area (TPSA) is 72.8 Å². The summed E-state index contributed by atoms with van der Waals surface area (Å²) in [5, 5.41) is 9.72. The fourth-order valence-electron chi connectivity index (χ4n) is 0.876. The molecule has 0 saturated carbocycles. The highest BCUT2D eigenvalue weighted by molar-refractivity contribution is 6.03. The van der Waals surface area contributed by atoms with E-state index in [1.165, 1.54) is 0 Å². The van der Waals surface area contributed by atoms with Crippen LogP contribution in [0.25, 0.3) is 0 Å². The quantitative estimate of drug-likeness (QED) is 0.392. The second-order valence-corrected chi connectivity index (χ2v) is 2.68. The molecule has 0 unspecified atom stereocenters. The van der Waals surface area contributed by atoms with Crippen LogP contribution in [-0.4, -0.2) is 35.9 Å². The van der Waals surface area contributed by atoms with Crippen molar-refractivity contribution in [2.24, 2.45) is 0 Å². The highest BCUT2D eigenvalue weighted by Crippen LogP contribution is 2.14. The third kappa shape index (κ3) is 3.26. The lowest BCUT2D eigenvalue weighted by Crippen LogP contribution is -2.48. The van der Waals surface area contributed by atoms with Gasteiger partial charge in [0.2, 0.25) is 0 Å². The summed E-state index contributed by atoms with van der Waals surface area (Å²) in [5.74, 6) is -0.129. The predicted octanol–water partition coefficient (Wildman–Crippen LogP) is -0.133. The molecule has 0 aliphatic carbocycles. The minimum absolute atomic E-state index is 0.0467. The lowest BCUT2D eigenvalue weighted by atomic mass is 10.0. The standard InChI is InChI=1S/C10H14O5/c1-4-7-10(13,8(11)14-5-2)9(12)15-6-3/h1,13H,5-7H2,2-3H3. The third-order valence-corrected chi connectivity index (χ3v) is 1.58. The number of hydrogen-bond acceptors (Lipinski definition) is 5. The van der Waals surface area contributed by atoms with Crippen LogP contribution in [0, 0.1) is 12.3 Å². The Labute approximate surface area is 88.4 Å². The first kappa shape index (κ1) is 13.5. The van der Waals surface area contributed by atoms with Crippen molar-refractivity contribution in [2.75, 3.05) is 13.2 Å². The van der Waals surface area contributed by atoms with Gasteiger partial charge in [0, 0.05) is 0 Å². The number of esters is 2. The van der Waals surface area contributed by atoms with E-state index in [0.717, 1.165) is 0 Å². The van der Waals surface area contributed by atoms with Gasteiger partial charge in [-0.2, -0.15) is 0 Å². The van der Waals surface area contributed by atoms with Gasteiger partial charge in [0.05, 0.1) is 19.6 Å². The van der Waals surface area contributed by atoms with Crippen molar-refractivity contribution >= 4 is 11.9 Å². The Hall–Kier alpha value is -1.54. The molecule has 0 amide bonds. The predicted molar refractivity (Wildman–Crippen MR) is 51.7 cm³/mol. The SMILES string of the molecule is C#CCC(O)(C(=O)OCC)C(=O)OCC. The van der Waals surface area contributed by atoms with E-state index >= 15 is 0 Å². The Morgan fingerprint density at radius 3 is 1.93 bits per heavy atom. The van der Waals surface area contributed by atoms with Crippen molar-refractivity contribution < 1.29 is 24.2 Å². The van der Waals surface area contributed by atoms with Gasteiger partial charge >= 0.3 is 11.9 Å². The zero-order chi connectivity index (χ0) is 11.9. The molecular weight excluding hydrogens is 200 g/mol. The first-order chi connectivity index (χ1) is 7.02. The van der Waals surface area contributed by atoms with Gasteiger partial charge < -0.3 is 14.6 Å². The fourth-order valence-corrected chi connectivity index (χ4v) is 0.876. The van der Waals surface area contributed by atoms with Gasteiger partial charge in [-0.1, -0.05) is 0 Å². The Bertz CT molecular complexity index is 258. The lowest BCUT2D eigenvalue weighted by Gasteiger charge is -2.21. The number of carbonyl (C=O) groups excluding carboxylic acids is 2. The van der Waals surface area contributed by atoms with Crippen LogP contribution in [-0.2, 0) is 19.1 Å². The third-order valence-electron chi connectivity index (χ3n) is 1.58. The van der Waals surface area contributed by atoms with Gasteiger partial charge in [0.1, 0.15) is 0 Å². The van der Waals surface area contributed by atoms with E-state index in [1.54, 1.807) is 13.8 Å². The molecule has 0 bridgehead atoms. The van der Waals surface area contributed by atoms with Gasteiger partial charge in [0.15, 0.2) is 0 Å². The Morgan fingerprint density at radius 2 is 1.67 bits per heavy atom. The molecule has 0 atom stereocenters. The monoisotopic (exact) mass is 214 g/mol. The van der Waals surface area contributed by atoms with Crippen LogP contribution < -0.4 is 0 Å². The number of rotatable bonds is 5. The Morgan fingerprint density at radius 1 is 1.27 bits per heavy atom. The van der Waals surface area contributed by atoms with E-state index in [4.69, 9.17) is 6.42 Å². The average molecular weight is 214 g/mol. The smallest absolute Gasteiger partial charge is 0.351 e. The zero-order valence-electron chi connectivity index (χ0n) is 8.78. The molecule has 0 spiro atoms. The van der Waals surface area contributed by atoms with Crippen molar-refractivity contribution in [3.63, 3.8) is 0 Å². The number of hydrogen-bond donors (Lipinski definition) is 1. The van der Waals surface area contributed by atoms with Crippen molar-refractivity contribution in [2.45, 2.75) is 25.9 Å². The van der Waals surface area contributed by atoms with Crippen LogP contribution in [0.4, 0.5) is 0 Å². The molecule has 0 aromatic rings. The van der Waals surface area contributed by atoms with Crippen molar-refractivity contribution in [1.82, 2.24) is 0 Å². The maximum atomic E-state index is 11.3. The van der Waals surface area contributed by atoms with Crippen molar-refractivity contribution in [1.29, 1.82) is 0 Å². The van der Waals surface area contributed by atoms with Crippen LogP contribution in [0.1, 0.15) is 20.3 Å². The molecule has 0 fully saturated rings. The first-order valence-corrected chi connectivity index (χ1v) is 4.53. The van der Waals surface area contributed by atoms with E-state index in [1.807, 2.05) is 5.92 Å². The molecule has 0 rings (SSSR count). The van der Waals surface area contributed by atoms with Gasteiger partial charge in [-0.3, -0.25) is 0 Å². The minimum atomic E-state index is -2.39. The minimum Gasteiger partial charge on any atom is -0.463 e. The number of ether oxygens (including phenoxy) is 2. The van der Waals surface area contributed by atoms with E-state index in [-0.39, 0.29) is 13.2 Å². The van der Waals surface area contributed by atoms with Gasteiger partial charge in [-0.15, -0.1) is 12.3 Å². The molecule has 0 radical (unpaired) electrons. The molecule has 0 saturated heterocycles. The summed E-state index contributed by atoms with van der Waals surface area (Å²) in [7, 11) is 0. The molecule has 0 heterocycles. The van der Waals surface area contributed by atoms with Crippen LogP contribution in [0.15, 0.2) is 0 Å². The van der Waals surface area contributed by atoms with E-state index in [9.17, 15) is 14.7 Å². The van der Waals surface area contributed by atoms with Crippen LogP contribution >= 0.6 is 0 Å². The summed E-state index contributed by atoms with van der Waals surface area (Å²) in [4.78, 5) is 22.6. The molecule has 0 aliphatic heterocycles. The number of aliphatic hydroxyl groups is 1. The van der Waals surface area contributed by atoms with Crippen LogP contribution in [0.3, 0.4) is 0 Å². The van der Waals surface area contributed by atoms with Gasteiger partial charge in [-0.25, -0.2) is 9.59 Å². The van der Waals surface area contributed by atoms with Gasteiger partial charge in [0.25, 0.3) is 5.60 Å². The number of carbonyl (C=O) groups is 2. The second-order valence-electron chi connectivity index (χ2n) is 2.68. The molecule has 5 heteroatoms. The molecular formula is C10H14O5. The molecule has 0 aromatic heterocycles. The van der Waals surface area contributed by atoms with Crippen molar-refractivity contribution in [3.05, 3.63) is 0 Å². The normalized spacial score (nSPS) is 10.3. The Balaban J connectivity index is 4.80. The van der Waals surface area contributed by atoms with Crippen LogP contribution in [0.5, 0.6) is 0 Å². The summed E-state index contributed by atoms with van der Waals surface area (Å²) in [5.41, 5.74) is -2.39. The molecule has 1 N–H and O–H groups in total. The molecule has 0 aliphatic rings. The van der Waals surface area contributed by atoms with E-state index in [0.29, 0.717) is 0 Å². The molecule has 15 heavy (non-hydrogen) atoms. The highest BCUT2D eigenvalue weighted by atomic mass is 16.6. The maximum absolute atomic E-state index is 11.3. The lowest BCUT2D eigenvalue weighted by molar-refractivity contribution is -0.182. The van der Waals surface area contributed by atoms with Gasteiger partial charge in [-0.05, 0) is 13.8 Å². The number of terminal acetylenes is 1. The molecule has 0 aromatic carbocycles. The zero-order valence-corrected chi connectivity index (χ0v) is 8.78. The summed E-state index contributed by atoms with van der Waals surface area (Å²) in [6.07, 6.45) is 4.49. The van der Waals surface area contributed by atoms with E-state index in [2.05, 4.69) is 9.47 Å². The maximum Gasteiger partial charge on any atom is 0.351 e. The average Bonchev–Trinajstić information content (AvgIpc) is 2.18. The van der Waals surface area contributed by atoms with Crippen molar-refractivity contribution in [3.8, 4) is 12.3 Å². The molecule has 84 valence electrons. The summed E-state index contributed by atoms with van der Waals surface area (Å²) in [6, 6.07) is 0. The summed E-state index contributed by atoms with van der Waals surface area (Å²) in [6.45, 7) is 3.20. The highest BCUT2D eigenvalue weighted by Gasteiger charge is 2.46. The van der Waals surface area contributed by atoms with Crippen LogP contribution in [0.2, 0.25) is 0 Å². The summed E-state index contributed by atoms with van der Waals surface area (Å²) < 4.78 is 9.08.